The Morgan fingerprint density at radius 3 is 1.13 bits per heavy atom. The molecule has 232 valence electrons. The highest BCUT2D eigenvalue weighted by Crippen LogP contribution is 2.21. The van der Waals surface area contributed by atoms with E-state index in [1.54, 1.807) is 97.1 Å². The standard InChI is InChI=1S/C32H32N6O7/c33-31(34)37-23-5-13-27(14-6-23)44-29(39)21-1-9-25(10-2-21)42-19-17-41-18-20-43-26-11-3-22(4-12-26)30(40)45-28-15-7-24(8-16-28)38-32(35)36/h1-16H,17-20H2,(H4,33,34,37)(H4,35,36,38). The zero-order valence-corrected chi connectivity index (χ0v) is 24.1. The molecule has 0 amide bonds. The van der Waals surface area contributed by atoms with Crippen molar-refractivity contribution < 1.29 is 33.3 Å². The fourth-order valence-electron chi connectivity index (χ4n) is 3.72. The molecule has 0 atom stereocenters. The van der Waals surface area contributed by atoms with Crippen LogP contribution in [-0.4, -0.2) is 50.3 Å². The third-order valence-corrected chi connectivity index (χ3v) is 5.78. The number of nitrogens with two attached hydrogens (primary N) is 4. The largest absolute Gasteiger partial charge is 0.491 e. The number of rotatable bonds is 14. The van der Waals surface area contributed by atoms with Crippen LogP contribution in [0.2, 0.25) is 0 Å². The number of aliphatic imine (C=N–C) groups is 2. The van der Waals surface area contributed by atoms with E-state index in [-0.39, 0.29) is 11.9 Å². The Kier molecular flexibility index (Phi) is 11.3. The number of guanidine groups is 2. The Balaban J connectivity index is 1.10. The van der Waals surface area contributed by atoms with Crippen molar-refractivity contribution in [1.29, 1.82) is 0 Å². The predicted octanol–water partition coefficient (Wildman–Crippen LogP) is 3.41. The van der Waals surface area contributed by atoms with Gasteiger partial charge in [-0.2, -0.15) is 0 Å². The average Bonchev–Trinajstić information content (AvgIpc) is 3.02. The van der Waals surface area contributed by atoms with Gasteiger partial charge in [-0.1, -0.05) is 0 Å². The van der Waals surface area contributed by atoms with Crippen molar-refractivity contribution in [2.45, 2.75) is 0 Å². The van der Waals surface area contributed by atoms with E-state index in [2.05, 4.69) is 9.98 Å². The van der Waals surface area contributed by atoms with E-state index in [4.69, 9.17) is 46.6 Å². The molecule has 8 N–H and O–H groups in total. The average molecular weight is 613 g/mol. The van der Waals surface area contributed by atoms with Gasteiger partial charge in [-0.3, -0.25) is 0 Å². The quantitative estimate of drug-likeness (QED) is 0.0533. The monoisotopic (exact) mass is 612 g/mol. The van der Waals surface area contributed by atoms with E-state index in [1.807, 2.05) is 0 Å². The SMILES string of the molecule is NC(N)=Nc1ccc(OC(=O)c2ccc(OCCOCCOc3ccc(C(=O)Oc4ccc(N=C(N)N)cc4)cc3)cc2)cc1. The van der Waals surface area contributed by atoms with Crippen molar-refractivity contribution in [2.75, 3.05) is 26.4 Å². The highest BCUT2D eigenvalue weighted by molar-refractivity contribution is 5.92. The molecule has 0 radical (unpaired) electrons. The lowest BCUT2D eigenvalue weighted by molar-refractivity contribution is 0.0725. The number of hydrogen-bond donors (Lipinski definition) is 4. The first-order chi connectivity index (χ1) is 21.7. The van der Waals surface area contributed by atoms with Gasteiger partial charge in [0.25, 0.3) is 0 Å². The highest BCUT2D eigenvalue weighted by atomic mass is 16.5. The molecule has 0 aliphatic heterocycles. The van der Waals surface area contributed by atoms with Gasteiger partial charge in [-0.05, 0) is 97.1 Å². The van der Waals surface area contributed by atoms with Gasteiger partial charge in [0.05, 0.1) is 35.7 Å². The lowest BCUT2D eigenvalue weighted by Gasteiger charge is -2.10. The summed E-state index contributed by atoms with van der Waals surface area (Å²) in [5.41, 5.74) is 23.2. The van der Waals surface area contributed by atoms with Crippen molar-refractivity contribution in [2.24, 2.45) is 32.9 Å². The third-order valence-electron chi connectivity index (χ3n) is 5.78. The molecule has 0 unspecified atom stereocenters. The summed E-state index contributed by atoms with van der Waals surface area (Å²) in [5, 5.41) is 0. The summed E-state index contributed by atoms with van der Waals surface area (Å²) in [6, 6.07) is 26.0. The molecule has 13 nitrogen and oxygen atoms in total. The van der Waals surface area contributed by atoms with Crippen LogP contribution in [0.4, 0.5) is 11.4 Å². The molecular weight excluding hydrogens is 580 g/mol. The van der Waals surface area contributed by atoms with Gasteiger partial charge in [0.1, 0.15) is 36.2 Å². The van der Waals surface area contributed by atoms with E-state index in [0.29, 0.717) is 71.9 Å². The lowest BCUT2D eigenvalue weighted by Crippen LogP contribution is -2.21. The molecule has 0 spiro atoms. The second kappa shape index (κ2) is 16.0. The van der Waals surface area contributed by atoms with Gasteiger partial charge in [0.2, 0.25) is 0 Å². The molecule has 0 saturated carbocycles. The van der Waals surface area contributed by atoms with Crippen LogP contribution in [0, 0.1) is 0 Å². The van der Waals surface area contributed by atoms with Gasteiger partial charge in [0.15, 0.2) is 11.9 Å². The maximum Gasteiger partial charge on any atom is 0.343 e. The molecule has 0 aliphatic rings. The minimum Gasteiger partial charge on any atom is -0.491 e. The number of carbonyl (C=O) groups excluding carboxylic acids is 2. The second-order valence-corrected chi connectivity index (χ2v) is 9.20. The van der Waals surface area contributed by atoms with Crippen molar-refractivity contribution in [1.82, 2.24) is 0 Å². The summed E-state index contributed by atoms with van der Waals surface area (Å²) < 4.78 is 27.6. The maximum absolute atomic E-state index is 12.4. The highest BCUT2D eigenvalue weighted by Gasteiger charge is 2.10. The molecule has 0 saturated heterocycles. The van der Waals surface area contributed by atoms with E-state index < -0.39 is 11.9 Å². The molecule has 0 fully saturated rings. The van der Waals surface area contributed by atoms with Crippen molar-refractivity contribution in [3.8, 4) is 23.0 Å². The second-order valence-electron chi connectivity index (χ2n) is 9.20. The molecule has 0 bridgehead atoms. The van der Waals surface area contributed by atoms with Gasteiger partial charge in [0, 0.05) is 0 Å². The summed E-state index contributed by atoms with van der Waals surface area (Å²) in [6.07, 6.45) is 0. The van der Waals surface area contributed by atoms with Crippen LogP contribution in [-0.2, 0) is 4.74 Å². The molecule has 4 rings (SSSR count). The topological polar surface area (TPSA) is 209 Å². The van der Waals surface area contributed by atoms with Gasteiger partial charge >= 0.3 is 11.9 Å². The fraction of sp³-hybridized carbons (Fsp3) is 0.125. The van der Waals surface area contributed by atoms with Crippen LogP contribution in [0.25, 0.3) is 0 Å². The first-order valence-electron chi connectivity index (χ1n) is 13.6. The number of ether oxygens (including phenoxy) is 5. The van der Waals surface area contributed by atoms with Gasteiger partial charge in [-0.15, -0.1) is 0 Å². The molecule has 4 aromatic carbocycles. The number of hydrogen-bond acceptors (Lipinski definition) is 9. The first-order valence-corrected chi connectivity index (χ1v) is 13.6. The zero-order chi connectivity index (χ0) is 32.0. The van der Waals surface area contributed by atoms with Gasteiger partial charge < -0.3 is 46.6 Å². The summed E-state index contributed by atoms with van der Waals surface area (Å²) in [7, 11) is 0. The van der Waals surface area contributed by atoms with Crippen LogP contribution in [0.3, 0.4) is 0 Å². The summed E-state index contributed by atoms with van der Waals surface area (Å²) >= 11 is 0. The number of esters is 2. The zero-order valence-electron chi connectivity index (χ0n) is 24.1. The smallest absolute Gasteiger partial charge is 0.343 e. The Labute approximate surface area is 259 Å². The number of nitrogens with zero attached hydrogens (tertiary/aromatic N) is 2. The Morgan fingerprint density at radius 2 is 0.800 bits per heavy atom. The Hall–Kier alpha value is -6.08. The van der Waals surface area contributed by atoms with Crippen LogP contribution in [0.5, 0.6) is 23.0 Å². The number of carbonyl (C=O) groups is 2. The summed E-state index contributed by atoms with van der Waals surface area (Å²) in [4.78, 5) is 32.6. The molecule has 0 heterocycles. The normalized spacial score (nSPS) is 10.3. The summed E-state index contributed by atoms with van der Waals surface area (Å²) in [5.74, 6) is 0.730. The van der Waals surface area contributed by atoms with Crippen LogP contribution >= 0.6 is 0 Å². The van der Waals surface area contributed by atoms with Crippen LogP contribution < -0.4 is 41.9 Å². The minimum absolute atomic E-state index is 0.0597. The molecule has 45 heavy (non-hydrogen) atoms. The Bertz CT molecular complexity index is 1490. The first kappa shape index (κ1) is 31.8. The maximum atomic E-state index is 12.4. The predicted molar refractivity (Wildman–Crippen MR) is 168 cm³/mol. The molecular formula is C32H32N6O7. The van der Waals surface area contributed by atoms with Crippen molar-refractivity contribution in [3.63, 3.8) is 0 Å². The van der Waals surface area contributed by atoms with Crippen LogP contribution in [0.15, 0.2) is 107 Å². The fourth-order valence-corrected chi connectivity index (χ4v) is 3.72. The van der Waals surface area contributed by atoms with E-state index >= 15 is 0 Å². The third kappa shape index (κ3) is 10.6. The molecule has 13 heteroatoms. The molecule has 0 aliphatic carbocycles. The molecule has 0 aromatic heterocycles. The van der Waals surface area contributed by atoms with E-state index in [1.165, 1.54) is 0 Å². The number of benzene rings is 4. The minimum atomic E-state index is -0.513. The molecule has 4 aromatic rings. The lowest BCUT2D eigenvalue weighted by atomic mass is 10.2. The van der Waals surface area contributed by atoms with E-state index in [0.717, 1.165) is 0 Å². The summed E-state index contributed by atoms with van der Waals surface area (Å²) in [6.45, 7) is 1.28. The van der Waals surface area contributed by atoms with Crippen LogP contribution in [0.1, 0.15) is 20.7 Å². The van der Waals surface area contributed by atoms with Crippen molar-refractivity contribution in [3.05, 3.63) is 108 Å². The van der Waals surface area contributed by atoms with E-state index in [9.17, 15) is 9.59 Å². The van der Waals surface area contributed by atoms with Gasteiger partial charge in [-0.25, -0.2) is 19.6 Å². The van der Waals surface area contributed by atoms with Crippen molar-refractivity contribution >= 4 is 35.2 Å². The Morgan fingerprint density at radius 1 is 0.467 bits per heavy atom.